The number of aliphatic imine (C=N–C) groups is 1. The number of para-hydroxylation sites is 1. The number of methoxy groups -OCH3 is 1. The van der Waals surface area contributed by atoms with Crippen molar-refractivity contribution in [3.63, 3.8) is 0 Å². The fraction of sp³-hybridized carbons (Fsp3) is 0.485. The predicted molar refractivity (Wildman–Crippen MR) is 182 cm³/mol. The number of nitriles is 1. The minimum atomic E-state index is -4.53. The van der Waals surface area contributed by atoms with Crippen LogP contribution in [0.4, 0.5) is 5.82 Å². The van der Waals surface area contributed by atoms with Gasteiger partial charge in [0.2, 0.25) is 5.60 Å². The Balaban J connectivity index is 1.84. The van der Waals surface area contributed by atoms with Crippen LogP contribution in [0.25, 0.3) is 5.52 Å². The van der Waals surface area contributed by atoms with Crippen LogP contribution in [0.3, 0.4) is 0 Å². The zero-order chi connectivity index (χ0) is 37.5. The van der Waals surface area contributed by atoms with E-state index < -0.39 is 74.1 Å². The molecule has 2 aromatic heterocycles. The summed E-state index contributed by atoms with van der Waals surface area (Å²) in [6.45, 7) is 6.92. The van der Waals surface area contributed by atoms with Gasteiger partial charge in [0.25, 0.3) is 0 Å². The Kier molecular flexibility index (Phi) is 12.5. The van der Waals surface area contributed by atoms with E-state index in [-0.39, 0.29) is 5.75 Å². The first-order chi connectivity index (χ1) is 24.1. The predicted octanol–water partition coefficient (Wildman–Crippen LogP) is 3.77. The summed E-state index contributed by atoms with van der Waals surface area (Å²) in [4.78, 5) is 49.0. The molecule has 3 heterocycles. The molecule has 0 spiro atoms. The van der Waals surface area contributed by atoms with Crippen molar-refractivity contribution >= 4 is 43.3 Å². The van der Waals surface area contributed by atoms with Crippen molar-refractivity contribution in [2.75, 3.05) is 27.8 Å². The van der Waals surface area contributed by atoms with E-state index in [0.29, 0.717) is 17.0 Å². The summed E-state index contributed by atoms with van der Waals surface area (Å²) in [5, 5.41) is 17.7. The van der Waals surface area contributed by atoms with E-state index in [2.05, 4.69) is 20.2 Å². The largest absolute Gasteiger partial charge is 0.468 e. The van der Waals surface area contributed by atoms with Gasteiger partial charge in [-0.1, -0.05) is 45.9 Å². The minimum Gasteiger partial charge on any atom is -0.468 e. The lowest BCUT2D eigenvalue weighted by Crippen LogP contribution is -2.50. The molecule has 1 aliphatic heterocycles. The van der Waals surface area contributed by atoms with E-state index in [1.54, 1.807) is 83.4 Å². The zero-order valence-corrected chi connectivity index (χ0v) is 30.5. The second-order valence-electron chi connectivity index (χ2n) is 12.5. The van der Waals surface area contributed by atoms with Crippen molar-refractivity contribution in [3.05, 3.63) is 54.5 Å². The highest BCUT2D eigenvalue weighted by atomic mass is 31.2. The molecule has 0 amide bonds. The number of carbonyl (C=O) groups excluding carboxylic acids is 3. The van der Waals surface area contributed by atoms with Gasteiger partial charge in [0, 0.05) is 14.1 Å². The maximum absolute atomic E-state index is 14.3. The van der Waals surface area contributed by atoms with Gasteiger partial charge < -0.3 is 28.4 Å². The third-order valence-corrected chi connectivity index (χ3v) is 9.13. The number of benzene rings is 1. The van der Waals surface area contributed by atoms with Crippen LogP contribution in [0.5, 0.6) is 5.75 Å². The minimum absolute atomic E-state index is 0.111. The van der Waals surface area contributed by atoms with Crippen LogP contribution in [-0.2, 0) is 42.4 Å². The molecule has 1 fully saturated rings. The molecular formula is C33H42N7O10P. The highest BCUT2D eigenvalue weighted by Crippen LogP contribution is 2.50. The summed E-state index contributed by atoms with van der Waals surface area (Å²) < 4.78 is 50.3. The van der Waals surface area contributed by atoms with Crippen LogP contribution in [0.1, 0.15) is 46.4 Å². The molecule has 274 valence electrons. The lowest BCUT2D eigenvalue weighted by Gasteiger charge is -2.31. The van der Waals surface area contributed by atoms with E-state index in [1.807, 2.05) is 6.07 Å². The molecule has 3 aromatic rings. The topological polar surface area (TPSA) is 205 Å². The second-order valence-corrected chi connectivity index (χ2v) is 14.2. The zero-order valence-electron chi connectivity index (χ0n) is 29.6. The summed E-state index contributed by atoms with van der Waals surface area (Å²) >= 11 is 0. The molecule has 4 rings (SSSR count). The number of hydrogen-bond acceptors (Lipinski definition) is 14. The number of nitrogens with one attached hydrogen (secondary N) is 1. The van der Waals surface area contributed by atoms with Gasteiger partial charge in [-0.2, -0.15) is 15.4 Å². The van der Waals surface area contributed by atoms with E-state index in [4.69, 9.17) is 28.0 Å². The van der Waals surface area contributed by atoms with Gasteiger partial charge in [-0.15, -0.1) is 0 Å². The molecular weight excluding hydrogens is 685 g/mol. The van der Waals surface area contributed by atoms with Gasteiger partial charge in [0.15, 0.2) is 18.0 Å². The third kappa shape index (κ3) is 9.08. The van der Waals surface area contributed by atoms with Crippen LogP contribution < -0.4 is 9.61 Å². The van der Waals surface area contributed by atoms with Crippen molar-refractivity contribution in [1.29, 1.82) is 5.26 Å². The molecule has 1 unspecified atom stereocenters. The van der Waals surface area contributed by atoms with Crippen LogP contribution in [0, 0.1) is 23.2 Å². The Bertz CT molecular complexity index is 1830. The summed E-state index contributed by atoms with van der Waals surface area (Å²) in [5.74, 6) is -3.06. The molecule has 17 nitrogen and oxygen atoms in total. The second kappa shape index (κ2) is 16.4. The first kappa shape index (κ1) is 38.9. The fourth-order valence-corrected chi connectivity index (χ4v) is 6.37. The Morgan fingerprint density at radius 1 is 1.08 bits per heavy atom. The number of fused-ring (bicyclic) bond motifs is 1. The SMILES string of the molecule is COC(=O)[C@H](C)NP(=O)(OC[C@@]1(C#N)O[C@@H](c2ccc3c(/N=C/N(C)C)ncnn23)[C@H](OC(=O)C(C)C)[C@@H]1OC(=O)C(C)C)Oc1ccccc1. The van der Waals surface area contributed by atoms with Crippen LogP contribution in [-0.4, -0.2) is 95.4 Å². The van der Waals surface area contributed by atoms with Gasteiger partial charge in [-0.05, 0) is 31.2 Å². The average Bonchev–Trinajstić information content (AvgIpc) is 3.65. The fourth-order valence-electron chi connectivity index (χ4n) is 4.85. The van der Waals surface area contributed by atoms with Gasteiger partial charge in [0.05, 0.1) is 31.0 Å². The van der Waals surface area contributed by atoms with Crippen molar-refractivity contribution in [2.24, 2.45) is 16.8 Å². The van der Waals surface area contributed by atoms with Crippen LogP contribution in [0.2, 0.25) is 0 Å². The number of nitrogens with zero attached hydrogens (tertiary/aromatic N) is 6. The number of esters is 3. The first-order valence-corrected chi connectivity index (χ1v) is 17.6. The Hall–Kier alpha value is -4.88. The summed E-state index contributed by atoms with van der Waals surface area (Å²) in [6, 6.07) is 12.1. The smallest absolute Gasteiger partial charge is 0.459 e. The molecule has 0 aliphatic carbocycles. The number of rotatable bonds is 15. The summed E-state index contributed by atoms with van der Waals surface area (Å²) in [6.07, 6.45) is -1.51. The van der Waals surface area contributed by atoms with Crippen molar-refractivity contribution in [3.8, 4) is 11.8 Å². The standard InChI is InChI=1S/C33H42N7O10P/c1-20(2)30(41)47-27-26(24-14-15-25-29(36-19-39(6)7)35-18-37-40(24)25)49-33(16-34,28(27)48-31(42)21(3)4)17-46-51(44,38-22(5)32(43)45-8)50-23-12-10-9-11-13-23/h9-15,18-22,26-28H,17H2,1-8H3,(H,38,44)/b36-19+/t22-,26-,27-,28-,33+,51?/m0/s1. The molecule has 1 N–H and O–H groups in total. The van der Waals surface area contributed by atoms with Gasteiger partial charge >= 0.3 is 25.7 Å². The monoisotopic (exact) mass is 727 g/mol. The van der Waals surface area contributed by atoms with E-state index >= 15 is 0 Å². The third-order valence-electron chi connectivity index (χ3n) is 7.51. The van der Waals surface area contributed by atoms with Gasteiger partial charge in [0.1, 0.15) is 42.4 Å². The van der Waals surface area contributed by atoms with Gasteiger partial charge in [-0.3, -0.25) is 18.9 Å². The Labute approximate surface area is 295 Å². The molecule has 6 atom stereocenters. The number of hydrogen-bond donors (Lipinski definition) is 1. The number of carbonyl (C=O) groups is 3. The first-order valence-electron chi connectivity index (χ1n) is 16.0. The number of aromatic nitrogens is 3. The maximum atomic E-state index is 14.3. The van der Waals surface area contributed by atoms with E-state index in [0.717, 1.165) is 7.11 Å². The lowest BCUT2D eigenvalue weighted by atomic mass is 9.95. The molecule has 18 heteroatoms. The normalized spacial score (nSPS) is 22.0. The van der Waals surface area contributed by atoms with Crippen molar-refractivity contribution < 1.29 is 46.9 Å². The lowest BCUT2D eigenvalue weighted by molar-refractivity contribution is -0.173. The van der Waals surface area contributed by atoms with Crippen LogP contribution >= 0.6 is 7.75 Å². The summed E-state index contributed by atoms with van der Waals surface area (Å²) in [5.41, 5.74) is -1.52. The van der Waals surface area contributed by atoms with E-state index in [1.165, 1.54) is 29.9 Å². The highest BCUT2D eigenvalue weighted by molar-refractivity contribution is 7.52. The molecule has 1 aliphatic rings. The van der Waals surface area contributed by atoms with Gasteiger partial charge in [-0.25, -0.2) is 19.1 Å². The van der Waals surface area contributed by atoms with Crippen LogP contribution in [0.15, 0.2) is 53.8 Å². The molecule has 1 aromatic carbocycles. The quantitative estimate of drug-likeness (QED) is 0.0778. The molecule has 0 bridgehead atoms. The number of ether oxygens (including phenoxy) is 4. The Morgan fingerprint density at radius 2 is 1.75 bits per heavy atom. The molecule has 0 saturated carbocycles. The van der Waals surface area contributed by atoms with Crippen molar-refractivity contribution in [2.45, 2.75) is 64.6 Å². The maximum Gasteiger partial charge on any atom is 0.459 e. The Morgan fingerprint density at radius 3 is 2.35 bits per heavy atom. The molecule has 1 saturated heterocycles. The average molecular weight is 728 g/mol. The molecule has 51 heavy (non-hydrogen) atoms. The highest BCUT2D eigenvalue weighted by Gasteiger charge is 2.62. The molecule has 0 radical (unpaired) electrons. The van der Waals surface area contributed by atoms with Crippen molar-refractivity contribution in [1.82, 2.24) is 24.6 Å². The summed E-state index contributed by atoms with van der Waals surface area (Å²) in [7, 11) is 0.211. The van der Waals surface area contributed by atoms with E-state index in [9.17, 15) is 24.2 Å².